The molecule has 0 aromatic heterocycles. The Morgan fingerprint density at radius 2 is 1.71 bits per heavy atom. The third-order valence-corrected chi connectivity index (χ3v) is 6.12. The fraction of sp³-hybridized carbons (Fsp3) is 0.300. The van der Waals surface area contributed by atoms with Crippen LogP contribution >= 0.6 is 0 Å². The van der Waals surface area contributed by atoms with Crippen LogP contribution in [0, 0.1) is 18.8 Å². The van der Waals surface area contributed by atoms with Gasteiger partial charge in [-0.05, 0) is 37.6 Å². The Balaban J connectivity index is 1.86. The van der Waals surface area contributed by atoms with Gasteiger partial charge in [0.1, 0.15) is 6.04 Å². The lowest BCUT2D eigenvalue weighted by Crippen LogP contribution is -2.15. The highest BCUT2D eigenvalue weighted by atomic mass is 32.2. The minimum absolute atomic E-state index is 0.0162. The molecule has 3 nitrogen and oxygen atoms in total. The summed E-state index contributed by atoms with van der Waals surface area (Å²) in [7, 11) is -3.48. The van der Waals surface area contributed by atoms with Crippen molar-refractivity contribution < 1.29 is 8.42 Å². The van der Waals surface area contributed by atoms with E-state index in [4.69, 9.17) is 0 Å². The van der Waals surface area contributed by atoms with Crippen LogP contribution in [0.3, 0.4) is 0 Å². The Hall–Kier alpha value is -2.09. The summed E-state index contributed by atoms with van der Waals surface area (Å²) in [5.41, 5.74) is 1.96. The fourth-order valence-corrected chi connectivity index (χ4v) is 4.57. The zero-order chi connectivity index (χ0) is 17.2. The van der Waals surface area contributed by atoms with Gasteiger partial charge in [0.2, 0.25) is 10.0 Å². The van der Waals surface area contributed by atoms with E-state index in [1.54, 1.807) is 16.4 Å². The quantitative estimate of drug-likeness (QED) is 0.630. The number of nitrogens with zero attached hydrogens (tertiary/aromatic N) is 1. The van der Waals surface area contributed by atoms with Gasteiger partial charge in [0.15, 0.2) is 0 Å². The predicted octanol–water partition coefficient (Wildman–Crippen LogP) is 3.59. The van der Waals surface area contributed by atoms with Crippen molar-refractivity contribution >= 4 is 10.0 Å². The van der Waals surface area contributed by atoms with Crippen LogP contribution in [0.1, 0.15) is 30.9 Å². The second kappa shape index (κ2) is 6.80. The van der Waals surface area contributed by atoms with Crippen molar-refractivity contribution in [2.24, 2.45) is 0 Å². The molecule has 0 amide bonds. The molecule has 124 valence electrons. The normalized spacial score (nSPS) is 22.5. The van der Waals surface area contributed by atoms with Gasteiger partial charge in [0.05, 0.1) is 10.9 Å². The second-order valence-corrected chi connectivity index (χ2v) is 7.93. The molecule has 1 aliphatic heterocycles. The number of aryl methyl sites for hydroxylation is 1. The smallest absolute Gasteiger partial charge is 0.207 e. The van der Waals surface area contributed by atoms with E-state index in [9.17, 15) is 8.42 Å². The number of benzene rings is 2. The van der Waals surface area contributed by atoms with E-state index in [1.807, 2.05) is 49.4 Å². The Kier molecular flexibility index (Phi) is 4.75. The first-order valence-corrected chi connectivity index (χ1v) is 9.65. The predicted molar refractivity (Wildman–Crippen MR) is 96.0 cm³/mol. The van der Waals surface area contributed by atoms with Crippen LogP contribution in [-0.2, 0) is 10.0 Å². The SMILES string of the molecule is CCCC1C(C#Cc2ccccc2)N1S(=O)(=O)c1ccc(C)cc1. The lowest BCUT2D eigenvalue weighted by molar-refractivity contribution is 0.544. The van der Waals surface area contributed by atoms with E-state index in [1.165, 1.54) is 0 Å². The molecular formula is C20H21NO2S. The van der Waals surface area contributed by atoms with Crippen molar-refractivity contribution in [3.05, 3.63) is 65.7 Å². The van der Waals surface area contributed by atoms with Gasteiger partial charge in [-0.2, -0.15) is 4.31 Å². The summed E-state index contributed by atoms with van der Waals surface area (Å²) >= 11 is 0. The Bertz CT molecular complexity index is 861. The first-order valence-electron chi connectivity index (χ1n) is 8.21. The largest absolute Gasteiger partial charge is 0.244 e. The van der Waals surface area contributed by atoms with Crippen LogP contribution < -0.4 is 0 Å². The molecule has 1 heterocycles. The molecule has 3 atom stereocenters. The molecule has 0 aliphatic carbocycles. The average Bonchev–Trinajstić information content (AvgIpc) is 3.28. The third-order valence-electron chi connectivity index (χ3n) is 4.19. The molecule has 1 aliphatic rings. The van der Waals surface area contributed by atoms with Crippen LogP contribution in [0.5, 0.6) is 0 Å². The van der Waals surface area contributed by atoms with E-state index < -0.39 is 10.0 Å². The van der Waals surface area contributed by atoms with Gasteiger partial charge in [0.25, 0.3) is 0 Å². The Morgan fingerprint density at radius 1 is 1.04 bits per heavy atom. The van der Waals surface area contributed by atoms with Gasteiger partial charge in [-0.3, -0.25) is 0 Å². The topological polar surface area (TPSA) is 37.1 Å². The molecule has 1 fully saturated rings. The molecule has 0 spiro atoms. The summed E-state index contributed by atoms with van der Waals surface area (Å²) in [6, 6.07) is 16.4. The molecule has 0 radical (unpaired) electrons. The van der Waals surface area contributed by atoms with Gasteiger partial charge in [-0.25, -0.2) is 8.42 Å². The van der Waals surface area contributed by atoms with Crippen LogP contribution in [0.4, 0.5) is 0 Å². The molecule has 2 aromatic rings. The van der Waals surface area contributed by atoms with Gasteiger partial charge in [0, 0.05) is 5.56 Å². The van der Waals surface area contributed by atoms with Crippen molar-refractivity contribution in [1.82, 2.24) is 4.31 Å². The number of rotatable bonds is 4. The van der Waals surface area contributed by atoms with E-state index in [0.717, 1.165) is 24.0 Å². The van der Waals surface area contributed by atoms with E-state index in [0.29, 0.717) is 4.90 Å². The van der Waals surface area contributed by atoms with Crippen molar-refractivity contribution in [3.8, 4) is 11.8 Å². The van der Waals surface area contributed by atoms with E-state index in [2.05, 4.69) is 18.8 Å². The maximum atomic E-state index is 12.9. The molecule has 2 aromatic carbocycles. The van der Waals surface area contributed by atoms with Crippen molar-refractivity contribution in [2.45, 2.75) is 43.7 Å². The van der Waals surface area contributed by atoms with Crippen LogP contribution in [-0.4, -0.2) is 24.8 Å². The molecule has 4 heteroatoms. The molecule has 0 bridgehead atoms. The zero-order valence-corrected chi connectivity index (χ0v) is 14.8. The van der Waals surface area contributed by atoms with E-state index in [-0.39, 0.29) is 12.1 Å². The van der Waals surface area contributed by atoms with Crippen molar-refractivity contribution in [3.63, 3.8) is 0 Å². The fourth-order valence-electron chi connectivity index (χ4n) is 2.84. The molecule has 0 saturated carbocycles. The molecule has 1 saturated heterocycles. The Labute approximate surface area is 144 Å². The number of hydrogen-bond acceptors (Lipinski definition) is 2. The number of hydrogen-bond donors (Lipinski definition) is 0. The first kappa shape index (κ1) is 16.8. The van der Waals surface area contributed by atoms with Crippen LogP contribution in [0.25, 0.3) is 0 Å². The third kappa shape index (κ3) is 3.38. The van der Waals surface area contributed by atoms with Gasteiger partial charge in [-0.15, -0.1) is 0 Å². The minimum atomic E-state index is -3.48. The van der Waals surface area contributed by atoms with E-state index >= 15 is 0 Å². The number of sulfonamides is 1. The average molecular weight is 339 g/mol. The monoisotopic (exact) mass is 339 g/mol. The van der Waals surface area contributed by atoms with Crippen LogP contribution in [0.15, 0.2) is 59.5 Å². The molecule has 3 rings (SSSR count). The summed E-state index contributed by atoms with van der Waals surface area (Å²) < 4.78 is 27.3. The van der Waals surface area contributed by atoms with Crippen LogP contribution in [0.2, 0.25) is 0 Å². The highest BCUT2D eigenvalue weighted by molar-refractivity contribution is 7.89. The zero-order valence-electron chi connectivity index (χ0n) is 13.9. The molecular weight excluding hydrogens is 318 g/mol. The van der Waals surface area contributed by atoms with Gasteiger partial charge >= 0.3 is 0 Å². The molecule has 24 heavy (non-hydrogen) atoms. The highest BCUT2D eigenvalue weighted by Crippen LogP contribution is 2.38. The maximum absolute atomic E-state index is 12.9. The standard InChI is InChI=1S/C20H21NO2S/c1-3-7-19-20(15-12-17-8-5-4-6-9-17)21(19)24(22,23)18-13-10-16(2)11-14-18/h4-6,8-11,13-14,19-20H,3,7H2,1-2H3. The lowest BCUT2D eigenvalue weighted by atomic mass is 10.2. The van der Waals surface area contributed by atoms with Crippen molar-refractivity contribution in [2.75, 3.05) is 0 Å². The summed E-state index contributed by atoms with van der Waals surface area (Å²) in [6.07, 6.45) is 1.77. The maximum Gasteiger partial charge on any atom is 0.244 e. The summed E-state index contributed by atoms with van der Waals surface area (Å²) in [5, 5.41) is 0. The molecule has 0 N–H and O–H groups in total. The Morgan fingerprint density at radius 3 is 2.33 bits per heavy atom. The summed E-state index contributed by atoms with van der Waals surface area (Å²) in [6.45, 7) is 4.01. The molecule has 3 unspecified atom stereocenters. The summed E-state index contributed by atoms with van der Waals surface area (Å²) in [4.78, 5) is 0.346. The summed E-state index contributed by atoms with van der Waals surface area (Å²) in [5.74, 6) is 6.24. The first-order chi connectivity index (χ1) is 11.5. The van der Waals surface area contributed by atoms with Gasteiger partial charge < -0.3 is 0 Å². The van der Waals surface area contributed by atoms with Gasteiger partial charge in [-0.1, -0.05) is 61.1 Å². The minimum Gasteiger partial charge on any atom is -0.207 e. The highest BCUT2D eigenvalue weighted by Gasteiger charge is 2.54. The second-order valence-electron chi connectivity index (χ2n) is 6.08. The van der Waals surface area contributed by atoms with Crippen molar-refractivity contribution in [1.29, 1.82) is 0 Å². The lowest BCUT2D eigenvalue weighted by Gasteiger charge is -2.06.